The van der Waals surface area contributed by atoms with Gasteiger partial charge in [0.25, 0.3) is 0 Å². The van der Waals surface area contributed by atoms with Crippen molar-refractivity contribution >= 4 is 70.4 Å². The number of fused-ring (bicyclic) bond motifs is 15. The lowest BCUT2D eigenvalue weighted by molar-refractivity contribution is 0.748. The van der Waals surface area contributed by atoms with Gasteiger partial charge in [0.15, 0.2) is 0 Å². The molecule has 0 N–H and O–H groups in total. The minimum absolute atomic E-state index is 0.461. The van der Waals surface area contributed by atoms with Crippen LogP contribution < -0.4 is 4.90 Å². The molecule has 2 aromatic heterocycles. The van der Waals surface area contributed by atoms with E-state index in [1.807, 2.05) is 11.3 Å². The molecule has 0 saturated heterocycles. The minimum atomic E-state index is -0.461. The second-order valence-electron chi connectivity index (χ2n) is 14.0. The van der Waals surface area contributed by atoms with Crippen LogP contribution in [0.2, 0.25) is 0 Å². The standard InChI is InChI=1S/C49H30N2S/c1-2-13-31(14-3-1)50(33-26-28-47-39(30-33)36-17-6-11-24-46(36)52-47)32-25-27-41-38(29-32)34-15-4-7-19-40(34)49(41)42-20-8-10-23-45(42)51-44-22-9-5-16-35(44)37-18-12-21-43(49)48(37)51/h1-30H. The largest absolute Gasteiger partial charge is 0.310 e. The van der Waals surface area contributed by atoms with Crippen LogP contribution >= 0.6 is 11.3 Å². The summed E-state index contributed by atoms with van der Waals surface area (Å²) in [6.07, 6.45) is 0. The first-order valence-corrected chi connectivity index (χ1v) is 18.8. The Bertz CT molecular complexity index is 3090. The summed E-state index contributed by atoms with van der Waals surface area (Å²) in [7, 11) is 0. The van der Waals surface area contributed by atoms with Gasteiger partial charge in [-0.3, -0.25) is 0 Å². The zero-order valence-electron chi connectivity index (χ0n) is 28.1. The fraction of sp³-hybridized carbons (Fsp3) is 0.0204. The highest BCUT2D eigenvalue weighted by Gasteiger charge is 2.50. The lowest BCUT2D eigenvalue weighted by Gasteiger charge is -2.39. The molecule has 1 atom stereocenters. The van der Waals surface area contributed by atoms with Crippen molar-refractivity contribution in [1.29, 1.82) is 0 Å². The highest BCUT2D eigenvalue weighted by Crippen LogP contribution is 2.61. The Morgan fingerprint density at radius 2 is 1.06 bits per heavy atom. The van der Waals surface area contributed by atoms with Crippen LogP contribution in [0.25, 0.3) is 58.8 Å². The number of para-hydroxylation sites is 4. The minimum Gasteiger partial charge on any atom is -0.310 e. The number of nitrogens with zero attached hydrogens (tertiary/aromatic N) is 2. The smallest absolute Gasteiger partial charge is 0.0754 e. The average Bonchev–Trinajstić information content (AvgIpc) is 3.85. The first kappa shape index (κ1) is 28.3. The molecule has 3 heterocycles. The Morgan fingerprint density at radius 3 is 1.98 bits per heavy atom. The van der Waals surface area contributed by atoms with Gasteiger partial charge < -0.3 is 9.47 Å². The summed E-state index contributed by atoms with van der Waals surface area (Å²) in [5.74, 6) is 0. The fourth-order valence-corrected chi connectivity index (χ4v) is 10.7. The molecule has 8 aromatic carbocycles. The Balaban J connectivity index is 1.15. The third kappa shape index (κ3) is 3.53. The summed E-state index contributed by atoms with van der Waals surface area (Å²) < 4.78 is 5.14. The van der Waals surface area contributed by atoms with Crippen molar-refractivity contribution in [3.63, 3.8) is 0 Å². The summed E-state index contributed by atoms with van der Waals surface area (Å²) in [4.78, 5) is 2.42. The van der Waals surface area contributed by atoms with Gasteiger partial charge in [-0.25, -0.2) is 0 Å². The van der Waals surface area contributed by atoms with Crippen molar-refractivity contribution in [3.8, 4) is 16.8 Å². The molecule has 2 nitrogen and oxygen atoms in total. The van der Waals surface area contributed by atoms with Gasteiger partial charge in [0.1, 0.15) is 0 Å². The highest BCUT2D eigenvalue weighted by molar-refractivity contribution is 7.25. The monoisotopic (exact) mass is 678 g/mol. The maximum Gasteiger partial charge on any atom is 0.0754 e. The molecule has 242 valence electrons. The molecule has 52 heavy (non-hydrogen) atoms. The predicted octanol–water partition coefficient (Wildman–Crippen LogP) is 13.3. The van der Waals surface area contributed by atoms with E-state index in [-0.39, 0.29) is 0 Å². The van der Waals surface area contributed by atoms with Gasteiger partial charge >= 0.3 is 0 Å². The summed E-state index contributed by atoms with van der Waals surface area (Å²) >= 11 is 1.86. The lowest BCUT2D eigenvalue weighted by atomic mass is 9.65. The van der Waals surface area contributed by atoms with Crippen LogP contribution in [0.5, 0.6) is 0 Å². The van der Waals surface area contributed by atoms with Crippen molar-refractivity contribution in [1.82, 2.24) is 4.57 Å². The van der Waals surface area contributed by atoms with Gasteiger partial charge in [0.2, 0.25) is 0 Å². The normalized spacial score (nSPS) is 15.4. The molecule has 3 heteroatoms. The van der Waals surface area contributed by atoms with Crippen molar-refractivity contribution in [2.24, 2.45) is 0 Å². The van der Waals surface area contributed by atoms with Crippen LogP contribution in [0, 0.1) is 0 Å². The summed E-state index contributed by atoms with van der Waals surface area (Å²) in [6.45, 7) is 0. The number of anilines is 3. The average molecular weight is 679 g/mol. The molecule has 0 saturated carbocycles. The summed E-state index contributed by atoms with van der Waals surface area (Å²) in [5.41, 5.74) is 14.7. The molecule has 12 rings (SSSR count). The zero-order chi connectivity index (χ0) is 34.0. The quantitative estimate of drug-likeness (QED) is 0.181. The second kappa shape index (κ2) is 10.3. The topological polar surface area (TPSA) is 8.17 Å². The number of thiophene rings is 1. The van der Waals surface area contributed by atoms with E-state index >= 15 is 0 Å². The SMILES string of the molecule is c1ccc(N(c2ccc3c(c2)-c2ccccc2C32c3ccccc3-n3c4ccccc4c4cccc2c43)c2ccc3sc4ccccc4c3c2)cc1. The third-order valence-corrected chi connectivity index (χ3v) is 12.7. The van der Waals surface area contributed by atoms with E-state index in [9.17, 15) is 0 Å². The molecule has 1 unspecified atom stereocenters. The zero-order valence-corrected chi connectivity index (χ0v) is 28.9. The Hall–Kier alpha value is -6.42. The van der Waals surface area contributed by atoms with E-state index in [1.165, 1.54) is 81.0 Å². The van der Waals surface area contributed by atoms with Crippen LogP contribution in [-0.4, -0.2) is 4.57 Å². The summed E-state index contributed by atoms with van der Waals surface area (Å²) in [6, 6.07) is 67.7. The van der Waals surface area contributed by atoms with Gasteiger partial charge in [-0.05, 0) is 94.0 Å². The molecule has 10 aromatic rings. The van der Waals surface area contributed by atoms with Crippen molar-refractivity contribution in [2.45, 2.75) is 5.41 Å². The first-order chi connectivity index (χ1) is 25.8. The van der Waals surface area contributed by atoms with E-state index in [4.69, 9.17) is 0 Å². The van der Waals surface area contributed by atoms with Crippen LogP contribution in [-0.2, 0) is 5.41 Å². The predicted molar refractivity (Wildman–Crippen MR) is 219 cm³/mol. The van der Waals surface area contributed by atoms with Gasteiger partial charge in [0, 0.05) is 48.0 Å². The van der Waals surface area contributed by atoms with E-state index in [0.29, 0.717) is 0 Å². The van der Waals surface area contributed by atoms with Crippen LogP contribution in [0.15, 0.2) is 182 Å². The van der Waals surface area contributed by atoms with Crippen molar-refractivity contribution < 1.29 is 0 Å². The van der Waals surface area contributed by atoms with Crippen molar-refractivity contribution in [3.05, 3.63) is 204 Å². The summed E-state index contributed by atoms with van der Waals surface area (Å²) in [5, 5.41) is 5.20. The molecule has 1 aliphatic heterocycles. The number of rotatable bonds is 3. The highest BCUT2D eigenvalue weighted by atomic mass is 32.1. The molecule has 0 amide bonds. The molecular weight excluding hydrogens is 649 g/mol. The molecule has 2 aliphatic rings. The Kier molecular flexibility index (Phi) is 5.62. The van der Waals surface area contributed by atoms with E-state index < -0.39 is 5.41 Å². The van der Waals surface area contributed by atoms with E-state index in [2.05, 4.69) is 191 Å². The molecule has 0 fully saturated rings. The molecule has 1 spiro atoms. The lowest BCUT2D eigenvalue weighted by Crippen LogP contribution is -2.33. The molecule has 0 bridgehead atoms. The number of aromatic nitrogens is 1. The maximum absolute atomic E-state index is 2.51. The maximum atomic E-state index is 2.51. The number of hydrogen-bond donors (Lipinski definition) is 0. The Morgan fingerprint density at radius 1 is 0.404 bits per heavy atom. The van der Waals surface area contributed by atoms with E-state index in [1.54, 1.807) is 0 Å². The van der Waals surface area contributed by atoms with Crippen LogP contribution in [0.4, 0.5) is 17.1 Å². The van der Waals surface area contributed by atoms with E-state index in [0.717, 1.165) is 17.1 Å². The van der Waals surface area contributed by atoms with Crippen molar-refractivity contribution in [2.75, 3.05) is 4.90 Å². The number of benzene rings is 8. The van der Waals surface area contributed by atoms with Gasteiger partial charge in [-0.15, -0.1) is 11.3 Å². The van der Waals surface area contributed by atoms with Crippen LogP contribution in [0.1, 0.15) is 22.3 Å². The molecular formula is C49H30N2S. The van der Waals surface area contributed by atoms with Crippen LogP contribution in [0.3, 0.4) is 0 Å². The fourth-order valence-electron chi connectivity index (χ4n) is 9.57. The first-order valence-electron chi connectivity index (χ1n) is 17.9. The molecule has 0 radical (unpaired) electrons. The van der Waals surface area contributed by atoms with Gasteiger partial charge in [-0.2, -0.15) is 0 Å². The van der Waals surface area contributed by atoms with Gasteiger partial charge in [-0.1, -0.05) is 121 Å². The van der Waals surface area contributed by atoms with Gasteiger partial charge in [0.05, 0.1) is 22.1 Å². The third-order valence-electron chi connectivity index (χ3n) is 11.6. The molecule has 1 aliphatic carbocycles. The Labute approximate surface area is 305 Å². The second-order valence-corrected chi connectivity index (χ2v) is 15.1. The number of hydrogen-bond acceptors (Lipinski definition) is 2.